The molecule has 1 heteroatoms. The van der Waals surface area contributed by atoms with Crippen LogP contribution < -0.4 is 0 Å². The summed E-state index contributed by atoms with van der Waals surface area (Å²) < 4.78 is 0. The first kappa shape index (κ1) is 10.8. The normalized spacial score (nSPS) is 30.1. The Morgan fingerprint density at radius 3 is 2.23 bits per heavy atom. The highest BCUT2D eigenvalue weighted by molar-refractivity contribution is 4.88. The molecule has 1 N–H and O–H groups in total. The molecular weight excluding hydrogens is 160 g/mol. The molecule has 0 aromatic rings. The Hall–Kier alpha value is -0.300. The smallest absolute Gasteiger partial charge is 0.0720 e. The Kier molecular flexibility index (Phi) is 5.92. The van der Waals surface area contributed by atoms with Gasteiger partial charge in [-0.05, 0) is 19.3 Å². The number of rotatable bonds is 0. The number of aliphatic hydroxyl groups is 1. The van der Waals surface area contributed by atoms with Gasteiger partial charge in [0.1, 0.15) is 0 Å². The van der Waals surface area contributed by atoms with Crippen LogP contribution in [0.4, 0.5) is 0 Å². The largest absolute Gasteiger partial charge is 0.389 e. The van der Waals surface area contributed by atoms with E-state index in [1.165, 1.54) is 44.9 Å². The Labute approximate surface area is 81.9 Å². The maximum Gasteiger partial charge on any atom is 0.0720 e. The second-order valence-corrected chi connectivity index (χ2v) is 4.05. The lowest BCUT2D eigenvalue weighted by Crippen LogP contribution is -2.01. The summed E-state index contributed by atoms with van der Waals surface area (Å²) in [6, 6.07) is 0. The van der Waals surface area contributed by atoms with E-state index in [9.17, 15) is 5.11 Å². The molecule has 0 aromatic heterocycles. The van der Waals surface area contributed by atoms with Crippen LogP contribution in [0.1, 0.15) is 57.8 Å². The van der Waals surface area contributed by atoms with Crippen LogP contribution in [0, 0.1) is 0 Å². The van der Waals surface area contributed by atoms with Crippen LogP contribution in [0.3, 0.4) is 0 Å². The summed E-state index contributed by atoms with van der Waals surface area (Å²) in [6.07, 6.45) is 15.3. The third kappa shape index (κ3) is 5.87. The lowest BCUT2D eigenvalue weighted by atomic mass is 10.0. The molecule has 1 atom stereocenters. The van der Waals surface area contributed by atoms with E-state index in [4.69, 9.17) is 0 Å². The van der Waals surface area contributed by atoms with E-state index in [0.717, 1.165) is 12.8 Å². The maximum atomic E-state index is 9.51. The lowest BCUT2D eigenvalue weighted by molar-refractivity contribution is 0.207. The summed E-state index contributed by atoms with van der Waals surface area (Å²) in [5.41, 5.74) is 0. The van der Waals surface area contributed by atoms with Crippen molar-refractivity contribution >= 4 is 0 Å². The van der Waals surface area contributed by atoms with Crippen molar-refractivity contribution in [3.05, 3.63) is 12.2 Å². The number of aliphatic hydroxyl groups excluding tert-OH is 1. The predicted molar refractivity (Wildman–Crippen MR) is 56.7 cm³/mol. The summed E-state index contributed by atoms with van der Waals surface area (Å²) in [4.78, 5) is 0. The van der Waals surface area contributed by atoms with Gasteiger partial charge in [0, 0.05) is 0 Å². The highest BCUT2D eigenvalue weighted by Gasteiger charge is 1.99. The second-order valence-electron chi connectivity index (χ2n) is 4.05. The molecule has 0 unspecified atom stereocenters. The summed E-state index contributed by atoms with van der Waals surface area (Å²) in [7, 11) is 0. The molecule has 0 bridgehead atoms. The average molecular weight is 182 g/mol. The van der Waals surface area contributed by atoms with Gasteiger partial charge >= 0.3 is 0 Å². The zero-order valence-electron chi connectivity index (χ0n) is 8.54. The molecule has 1 aliphatic carbocycles. The van der Waals surface area contributed by atoms with E-state index in [1.807, 2.05) is 6.08 Å². The molecule has 13 heavy (non-hydrogen) atoms. The summed E-state index contributed by atoms with van der Waals surface area (Å²) in [5.74, 6) is 0. The predicted octanol–water partition coefficient (Wildman–Crippen LogP) is 3.43. The molecule has 0 saturated carbocycles. The van der Waals surface area contributed by atoms with Gasteiger partial charge in [-0.25, -0.2) is 0 Å². The molecule has 0 aromatic carbocycles. The maximum absolute atomic E-state index is 9.51. The van der Waals surface area contributed by atoms with Gasteiger partial charge in [-0.3, -0.25) is 0 Å². The van der Waals surface area contributed by atoms with Gasteiger partial charge in [0.05, 0.1) is 6.10 Å². The zero-order chi connectivity index (χ0) is 9.36. The average Bonchev–Trinajstić information content (AvgIpc) is 2.11. The number of hydrogen-bond acceptors (Lipinski definition) is 1. The molecule has 0 heterocycles. The van der Waals surface area contributed by atoms with Gasteiger partial charge in [0.15, 0.2) is 0 Å². The van der Waals surface area contributed by atoms with Crippen LogP contribution in [-0.4, -0.2) is 11.2 Å². The van der Waals surface area contributed by atoms with Crippen molar-refractivity contribution < 1.29 is 5.11 Å². The van der Waals surface area contributed by atoms with E-state index in [0.29, 0.717) is 0 Å². The van der Waals surface area contributed by atoms with Crippen LogP contribution in [-0.2, 0) is 0 Å². The van der Waals surface area contributed by atoms with Gasteiger partial charge in [0.25, 0.3) is 0 Å². The van der Waals surface area contributed by atoms with E-state index in [1.54, 1.807) is 0 Å². The first-order valence-electron chi connectivity index (χ1n) is 5.74. The molecule has 0 radical (unpaired) electrons. The number of hydrogen-bond donors (Lipinski definition) is 1. The molecule has 0 saturated heterocycles. The van der Waals surface area contributed by atoms with E-state index >= 15 is 0 Å². The number of allylic oxidation sites excluding steroid dienone is 1. The van der Waals surface area contributed by atoms with Gasteiger partial charge in [0.2, 0.25) is 0 Å². The minimum absolute atomic E-state index is 0.181. The topological polar surface area (TPSA) is 20.2 Å². The minimum atomic E-state index is -0.181. The molecule has 0 fully saturated rings. The third-order valence-electron chi connectivity index (χ3n) is 2.73. The van der Waals surface area contributed by atoms with Crippen LogP contribution >= 0.6 is 0 Å². The fourth-order valence-corrected chi connectivity index (χ4v) is 1.85. The molecule has 0 aliphatic heterocycles. The van der Waals surface area contributed by atoms with Gasteiger partial charge < -0.3 is 5.11 Å². The quantitative estimate of drug-likeness (QED) is 0.569. The van der Waals surface area contributed by atoms with Crippen molar-refractivity contribution in [2.75, 3.05) is 0 Å². The SMILES string of the molecule is O[C@H]1/C=C\CCCCCCCCC1. The molecule has 1 nitrogen and oxygen atoms in total. The highest BCUT2D eigenvalue weighted by Crippen LogP contribution is 2.13. The fourth-order valence-electron chi connectivity index (χ4n) is 1.85. The minimum Gasteiger partial charge on any atom is -0.389 e. The van der Waals surface area contributed by atoms with Crippen LogP contribution in [0.5, 0.6) is 0 Å². The van der Waals surface area contributed by atoms with Crippen molar-refractivity contribution in [1.29, 1.82) is 0 Å². The van der Waals surface area contributed by atoms with E-state index < -0.39 is 0 Å². The van der Waals surface area contributed by atoms with Crippen LogP contribution in [0.25, 0.3) is 0 Å². The van der Waals surface area contributed by atoms with Crippen LogP contribution in [0.15, 0.2) is 12.2 Å². The Balaban J connectivity index is 2.22. The standard InChI is InChI=1S/C12H22O/c13-12-10-8-6-4-2-1-3-5-7-9-11-12/h8,10,12-13H,1-7,9,11H2/b10-8-/t12-/m0/s1. The zero-order valence-corrected chi connectivity index (χ0v) is 8.54. The monoisotopic (exact) mass is 182 g/mol. The molecule has 1 aliphatic rings. The van der Waals surface area contributed by atoms with E-state index in [2.05, 4.69) is 6.08 Å². The highest BCUT2D eigenvalue weighted by atomic mass is 16.3. The molecule has 0 spiro atoms. The first-order valence-corrected chi connectivity index (χ1v) is 5.74. The fraction of sp³-hybridized carbons (Fsp3) is 0.833. The Bertz CT molecular complexity index is 140. The van der Waals surface area contributed by atoms with Gasteiger partial charge in [-0.15, -0.1) is 0 Å². The van der Waals surface area contributed by atoms with Crippen molar-refractivity contribution in [2.45, 2.75) is 63.9 Å². The molecule has 0 amide bonds. The van der Waals surface area contributed by atoms with Crippen molar-refractivity contribution in [1.82, 2.24) is 0 Å². The molecule has 76 valence electrons. The van der Waals surface area contributed by atoms with Crippen molar-refractivity contribution in [3.8, 4) is 0 Å². The third-order valence-corrected chi connectivity index (χ3v) is 2.73. The van der Waals surface area contributed by atoms with Gasteiger partial charge in [-0.2, -0.15) is 0 Å². The van der Waals surface area contributed by atoms with Crippen LogP contribution in [0.2, 0.25) is 0 Å². The van der Waals surface area contributed by atoms with E-state index in [-0.39, 0.29) is 6.10 Å². The Morgan fingerprint density at radius 1 is 0.846 bits per heavy atom. The van der Waals surface area contributed by atoms with Crippen molar-refractivity contribution in [3.63, 3.8) is 0 Å². The molecular formula is C12H22O. The Morgan fingerprint density at radius 2 is 1.46 bits per heavy atom. The summed E-state index contributed by atoms with van der Waals surface area (Å²) in [6.45, 7) is 0. The second kappa shape index (κ2) is 7.14. The van der Waals surface area contributed by atoms with Gasteiger partial charge in [-0.1, -0.05) is 50.7 Å². The molecule has 1 rings (SSSR count). The first-order chi connectivity index (χ1) is 6.39. The summed E-state index contributed by atoms with van der Waals surface area (Å²) in [5, 5.41) is 9.51. The lowest BCUT2D eigenvalue weighted by Gasteiger charge is -2.07. The summed E-state index contributed by atoms with van der Waals surface area (Å²) >= 11 is 0. The van der Waals surface area contributed by atoms with Crippen molar-refractivity contribution in [2.24, 2.45) is 0 Å².